The molecule has 5 heteroatoms. The van der Waals surface area contributed by atoms with Gasteiger partial charge in [0.25, 0.3) is 0 Å². The minimum atomic E-state index is -0.292. The predicted octanol–water partition coefficient (Wildman–Crippen LogP) is 1.96. The lowest BCUT2D eigenvalue weighted by Gasteiger charge is -2.21. The largest absolute Gasteiger partial charge is 0.355 e. The predicted molar refractivity (Wildman–Crippen MR) is 82.2 cm³/mol. The first-order valence-electron chi connectivity index (χ1n) is 6.61. The van der Waals surface area contributed by atoms with Crippen molar-refractivity contribution in [3.05, 3.63) is 12.2 Å². The number of rotatable bonds is 9. The zero-order valence-corrected chi connectivity index (χ0v) is 13.3. The second-order valence-electron chi connectivity index (χ2n) is 5.14. The molecule has 0 aromatic heterocycles. The van der Waals surface area contributed by atoms with Gasteiger partial charge in [0.15, 0.2) is 0 Å². The van der Waals surface area contributed by atoms with Gasteiger partial charge in [0.2, 0.25) is 11.8 Å². The van der Waals surface area contributed by atoms with Gasteiger partial charge in [0.1, 0.15) is 0 Å². The van der Waals surface area contributed by atoms with E-state index in [2.05, 4.69) is 17.2 Å². The van der Waals surface area contributed by atoms with Crippen molar-refractivity contribution in [1.29, 1.82) is 0 Å². The summed E-state index contributed by atoms with van der Waals surface area (Å²) < 4.78 is 0. The lowest BCUT2D eigenvalue weighted by Crippen LogP contribution is -2.37. The molecule has 0 aliphatic heterocycles. The molecule has 4 nitrogen and oxygen atoms in total. The van der Waals surface area contributed by atoms with Gasteiger partial charge >= 0.3 is 0 Å². The van der Waals surface area contributed by atoms with Gasteiger partial charge in [-0.25, -0.2) is 0 Å². The average molecular weight is 286 g/mol. The van der Waals surface area contributed by atoms with Crippen LogP contribution in [0.3, 0.4) is 0 Å². The highest BCUT2D eigenvalue weighted by Gasteiger charge is 2.24. The number of amides is 2. The lowest BCUT2D eigenvalue weighted by atomic mass is 9.89. The first-order valence-corrected chi connectivity index (χ1v) is 7.76. The number of nitrogens with one attached hydrogen (secondary N) is 2. The van der Waals surface area contributed by atoms with Gasteiger partial charge in [0.05, 0.1) is 0 Å². The van der Waals surface area contributed by atoms with Crippen LogP contribution in [0, 0.1) is 5.41 Å². The van der Waals surface area contributed by atoms with Crippen molar-refractivity contribution in [3.8, 4) is 0 Å². The highest BCUT2D eigenvalue weighted by Crippen LogP contribution is 2.19. The van der Waals surface area contributed by atoms with Gasteiger partial charge < -0.3 is 10.6 Å². The molecule has 0 radical (unpaired) electrons. The minimum Gasteiger partial charge on any atom is -0.355 e. The molecular weight excluding hydrogens is 260 g/mol. The number of carbonyl (C=O) groups excluding carboxylic acids is 2. The summed E-state index contributed by atoms with van der Waals surface area (Å²) >= 11 is 1.71. The van der Waals surface area contributed by atoms with Gasteiger partial charge in [0, 0.05) is 35.6 Å². The van der Waals surface area contributed by atoms with Gasteiger partial charge in [-0.1, -0.05) is 27.4 Å². The number of hydrogen-bond acceptors (Lipinski definition) is 3. The van der Waals surface area contributed by atoms with Crippen LogP contribution in [0.15, 0.2) is 12.2 Å². The molecular formula is C14H26N2O2S. The maximum atomic E-state index is 11.8. The van der Waals surface area contributed by atoms with E-state index in [1.54, 1.807) is 18.7 Å². The van der Waals surface area contributed by atoms with Crippen LogP contribution in [-0.4, -0.2) is 36.4 Å². The van der Waals surface area contributed by atoms with Crippen molar-refractivity contribution < 1.29 is 9.59 Å². The first kappa shape index (κ1) is 18.0. The van der Waals surface area contributed by atoms with E-state index >= 15 is 0 Å². The molecule has 2 amide bonds. The van der Waals surface area contributed by atoms with Crippen LogP contribution in [0.4, 0.5) is 0 Å². The van der Waals surface area contributed by atoms with Crippen LogP contribution in [0.1, 0.15) is 34.1 Å². The molecule has 0 saturated carbocycles. The highest BCUT2D eigenvalue weighted by atomic mass is 32.2. The number of hydrogen-bond donors (Lipinski definition) is 2. The van der Waals surface area contributed by atoms with Crippen molar-refractivity contribution in [2.75, 3.05) is 24.6 Å². The Hall–Kier alpha value is -0.970. The van der Waals surface area contributed by atoms with Gasteiger partial charge in [-0.05, 0) is 13.3 Å². The summed E-state index contributed by atoms with van der Waals surface area (Å²) in [5.41, 5.74) is 0.235. The molecule has 0 aliphatic rings. The molecule has 0 fully saturated rings. The van der Waals surface area contributed by atoms with Crippen molar-refractivity contribution in [3.63, 3.8) is 0 Å². The molecule has 110 valence electrons. The Kier molecular flexibility index (Phi) is 8.56. The van der Waals surface area contributed by atoms with Gasteiger partial charge in [-0.2, -0.15) is 11.8 Å². The van der Waals surface area contributed by atoms with E-state index in [-0.39, 0.29) is 17.2 Å². The summed E-state index contributed by atoms with van der Waals surface area (Å²) in [5, 5.41) is 5.70. The molecule has 0 aromatic rings. The van der Waals surface area contributed by atoms with E-state index < -0.39 is 0 Å². The molecule has 0 atom stereocenters. The van der Waals surface area contributed by atoms with Crippen LogP contribution < -0.4 is 10.6 Å². The van der Waals surface area contributed by atoms with E-state index in [0.717, 1.165) is 17.9 Å². The Morgan fingerprint density at radius 1 is 1.16 bits per heavy atom. The van der Waals surface area contributed by atoms with Crippen molar-refractivity contribution in [1.82, 2.24) is 10.6 Å². The Labute approximate surface area is 120 Å². The van der Waals surface area contributed by atoms with E-state index in [1.165, 1.54) is 0 Å². The van der Waals surface area contributed by atoms with Gasteiger partial charge in [-0.3, -0.25) is 9.59 Å². The average Bonchev–Trinajstić information content (AvgIpc) is 2.36. The lowest BCUT2D eigenvalue weighted by molar-refractivity contribution is -0.129. The van der Waals surface area contributed by atoms with Crippen molar-refractivity contribution in [2.24, 2.45) is 5.41 Å². The standard InChI is InChI=1S/C14H26N2O2S/c1-6-14(4,5)13(18)16-8-10-19-9-7-15-12(17)11(2)3/h2,6-10H2,1,3-5H3,(H,15,17)(H,16,18). The van der Waals surface area contributed by atoms with E-state index in [4.69, 9.17) is 0 Å². The summed E-state index contributed by atoms with van der Waals surface area (Å²) in [5.74, 6) is 1.70. The zero-order chi connectivity index (χ0) is 14.9. The minimum absolute atomic E-state index is 0.0985. The molecule has 2 N–H and O–H groups in total. The molecule has 0 heterocycles. The SMILES string of the molecule is C=C(C)C(=O)NCCSCCNC(=O)C(C)(C)CC. The molecule has 19 heavy (non-hydrogen) atoms. The van der Waals surface area contributed by atoms with Crippen LogP contribution in [-0.2, 0) is 9.59 Å². The highest BCUT2D eigenvalue weighted by molar-refractivity contribution is 7.99. The molecule has 0 aliphatic carbocycles. The topological polar surface area (TPSA) is 58.2 Å². The van der Waals surface area contributed by atoms with Crippen LogP contribution in [0.5, 0.6) is 0 Å². The summed E-state index contributed by atoms with van der Waals surface area (Å²) in [6.07, 6.45) is 0.832. The Morgan fingerprint density at radius 3 is 2.16 bits per heavy atom. The maximum Gasteiger partial charge on any atom is 0.246 e. The molecule has 0 aromatic carbocycles. The third-order valence-electron chi connectivity index (χ3n) is 2.95. The van der Waals surface area contributed by atoms with Crippen LogP contribution in [0.25, 0.3) is 0 Å². The summed E-state index contributed by atoms with van der Waals surface area (Å²) in [6.45, 7) is 12.5. The van der Waals surface area contributed by atoms with E-state index in [9.17, 15) is 9.59 Å². The monoisotopic (exact) mass is 286 g/mol. The zero-order valence-electron chi connectivity index (χ0n) is 12.5. The Balaban J connectivity index is 3.54. The van der Waals surface area contributed by atoms with Crippen molar-refractivity contribution in [2.45, 2.75) is 34.1 Å². The molecule has 0 bridgehead atoms. The number of carbonyl (C=O) groups is 2. The van der Waals surface area contributed by atoms with Crippen LogP contribution >= 0.6 is 11.8 Å². The first-order chi connectivity index (χ1) is 8.81. The number of thioether (sulfide) groups is 1. The van der Waals surface area contributed by atoms with Crippen LogP contribution in [0.2, 0.25) is 0 Å². The molecule has 0 unspecified atom stereocenters. The second-order valence-corrected chi connectivity index (χ2v) is 6.37. The fourth-order valence-corrected chi connectivity index (χ4v) is 1.82. The second kappa shape index (κ2) is 9.02. The fraction of sp³-hybridized carbons (Fsp3) is 0.714. The molecule has 0 saturated heterocycles. The summed E-state index contributed by atoms with van der Waals surface area (Å²) in [7, 11) is 0. The Bertz CT molecular complexity index is 327. The smallest absolute Gasteiger partial charge is 0.246 e. The summed E-state index contributed by atoms with van der Waals surface area (Å²) in [4.78, 5) is 22.9. The normalized spacial score (nSPS) is 10.9. The quantitative estimate of drug-likeness (QED) is 0.503. The third kappa shape index (κ3) is 7.93. The maximum absolute atomic E-state index is 11.8. The van der Waals surface area contributed by atoms with Gasteiger partial charge in [-0.15, -0.1) is 0 Å². The third-order valence-corrected chi connectivity index (χ3v) is 3.94. The Morgan fingerprint density at radius 2 is 1.68 bits per heavy atom. The summed E-state index contributed by atoms with van der Waals surface area (Å²) in [6, 6.07) is 0. The van der Waals surface area contributed by atoms with Crippen molar-refractivity contribution >= 4 is 23.6 Å². The van der Waals surface area contributed by atoms with E-state index in [0.29, 0.717) is 18.7 Å². The molecule has 0 spiro atoms. The fourth-order valence-electron chi connectivity index (χ4n) is 1.13. The molecule has 0 rings (SSSR count). The van der Waals surface area contributed by atoms with E-state index in [1.807, 2.05) is 20.8 Å².